The molecule has 0 bridgehead atoms. The fourth-order valence-corrected chi connectivity index (χ4v) is 1.37. The van der Waals surface area contributed by atoms with Crippen molar-refractivity contribution in [1.29, 1.82) is 0 Å². The molecule has 0 aliphatic rings. The quantitative estimate of drug-likeness (QED) is 0.702. The van der Waals surface area contributed by atoms with Crippen molar-refractivity contribution in [3.8, 4) is 5.75 Å². The van der Waals surface area contributed by atoms with Crippen LogP contribution in [0.4, 0.5) is 0 Å². The molecule has 0 amide bonds. The Morgan fingerprint density at radius 2 is 2.36 bits per heavy atom. The molecule has 4 nitrogen and oxygen atoms in total. The van der Waals surface area contributed by atoms with Crippen LogP contribution in [0.2, 0.25) is 0 Å². The molecule has 2 N–H and O–H groups in total. The predicted molar refractivity (Wildman–Crippen MR) is 40.1 cm³/mol. The summed E-state index contributed by atoms with van der Waals surface area (Å²) in [6.45, 7) is 1.83. The minimum absolute atomic E-state index is 0.190. The summed E-state index contributed by atoms with van der Waals surface area (Å²) in [4.78, 5) is 10.9. The Balaban J connectivity index is 3.10. The number of aryl methyl sites for hydroxylation is 1. The average Bonchev–Trinajstić information content (AvgIpc) is 2.30. The number of carboxylic acids is 1. The maximum Gasteiger partial charge on any atom is 0.359 e. The minimum atomic E-state index is -1.18. The number of hydrogen-bond acceptors (Lipinski definition) is 4. The molecule has 0 radical (unpaired) electrons. The Bertz CT molecular complexity index is 281. The van der Waals surface area contributed by atoms with Gasteiger partial charge in [-0.3, -0.25) is 0 Å². The molecule has 5 heteroatoms. The normalized spacial score (nSPS) is 9.91. The van der Waals surface area contributed by atoms with Crippen LogP contribution in [0, 0.1) is 0 Å². The maximum absolute atomic E-state index is 10.3. The molecule has 1 rings (SSSR count). The third-order valence-corrected chi connectivity index (χ3v) is 2.24. The summed E-state index contributed by atoms with van der Waals surface area (Å²) < 4.78 is 3.58. The van der Waals surface area contributed by atoms with Crippen molar-refractivity contribution < 1.29 is 15.0 Å². The monoisotopic (exact) mass is 173 g/mol. The highest BCUT2D eigenvalue weighted by Crippen LogP contribution is 2.25. The predicted octanol–water partition coefficient (Wildman–Crippen LogP) is 1.11. The fraction of sp³-hybridized carbons (Fsp3) is 0.333. The number of aromatic hydroxyl groups is 1. The lowest BCUT2D eigenvalue weighted by atomic mass is 10.3. The van der Waals surface area contributed by atoms with E-state index in [9.17, 15) is 4.79 Å². The number of hydrogen-bond donors (Lipinski definition) is 2. The first-order valence-electron chi connectivity index (χ1n) is 3.07. The van der Waals surface area contributed by atoms with Crippen molar-refractivity contribution in [2.75, 3.05) is 0 Å². The second-order valence-corrected chi connectivity index (χ2v) is 2.82. The number of carboxylic acid groups (broad SMARTS) is 1. The Morgan fingerprint density at radius 3 is 2.64 bits per heavy atom. The van der Waals surface area contributed by atoms with Gasteiger partial charge in [0.15, 0.2) is 5.75 Å². The molecule has 0 atom stereocenters. The van der Waals surface area contributed by atoms with Crippen LogP contribution in [0.3, 0.4) is 0 Å². The molecule has 0 spiro atoms. The van der Waals surface area contributed by atoms with Crippen LogP contribution in [-0.2, 0) is 6.42 Å². The summed E-state index contributed by atoms with van der Waals surface area (Å²) in [5.41, 5.74) is -0.244. The van der Waals surface area contributed by atoms with Crippen LogP contribution in [0.25, 0.3) is 0 Å². The van der Waals surface area contributed by atoms with Crippen molar-refractivity contribution in [1.82, 2.24) is 4.37 Å². The zero-order valence-electron chi connectivity index (χ0n) is 5.87. The molecule has 0 saturated heterocycles. The lowest BCUT2D eigenvalue weighted by Gasteiger charge is -1.89. The highest BCUT2D eigenvalue weighted by Gasteiger charge is 2.16. The van der Waals surface area contributed by atoms with Gasteiger partial charge in [-0.25, -0.2) is 4.79 Å². The van der Waals surface area contributed by atoms with E-state index in [2.05, 4.69) is 4.37 Å². The zero-order chi connectivity index (χ0) is 8.43. The number of aromatic nitrogens is 1. The van der Waals surface area contributed by atoms with Gasteiger partial charge in [0.2, 0.25) is 5.69 Å². The highest BCUT2D eigenvalue weighted by molar-refractivity contribution is 7.06. The molecule has 1 heterocycles. The van der Waals surface area contributed by atoms with Crippen molar-refractivity contribution >= 4 is 17.5 Å². The molecule has 0 aliphatic carbocycles. The van der Waals surface area contributed by atoms with E-state index >= 15 is 0 Å². The zero-order valence-corrected chi connectivity index (χ0v) is 6.68. The van der Waals surface area contributed by atoms with Gasteiger partial charge in [0.1, 0.15) is 0 Å². The Labute approximate surface area is 67.3 Å². The first kappa shape index (κ1) is 8.00. The van der Waals surface area contributed by atoms with E-state index < -0.39 is 5.97 Å². The van der Waals surface area contributed by atoms with Gasteiger partial charge in [0, 0.05) is 0 Å². The van der Waals surface area contributed by atoms with E-state index in [4.69, 9.17) is 10.2 Å². The highest BCUT2D eigenvalue weighted by atomic mass is 32.1. The van der Waals surface area contributed by atoms with Crippen LogP contribution in [0.5, 0.6) is 5.75 Å². The lowest BCUT2D eigenvalue weighted by molar-refractivity contribution is 0.0688. The van der Waals surface area contributed by atoms with E-state index in [-0.39, 0.29) is 11.4 Å². The Kier molecular flexibility index (Phi) is 2.09. The molecule has 1 aromatic heterocycles. The first-order valence-corrected chi connectivity index (χ1v) is 3.85. The SMILES string of the molecule is CCc1snc(C(=O)O)c1O. The smallest absolute Gasteiger partial charge is 0.359 e. The van der Waals surface area contributed by atoms with E-state index in [1.165, 1.54) is 0 Å². The van der Waals surface area contributed by atoms with Crippen LogP contribution < -0.4 is 0 Å². The first-order chi connectivity index (χ1) is 5.16. The Morgan fingerprint density at radius 1 is 1.73 bits per heavy atom. The van der Waals surface area contributed by atoms with Gasteiger partial charge in [-0.15, -0.1) is 0 Å². The number of rotatable bonds is 2. The van der Waals surface area contributed by atoms with Crippen molar-refractivity contribution in [2.24, 2.45) is 0 Å². The molecule has 1 aromatic rings. The number of carbonyl (C=O) groups is 1. The molecule has 60 valence electrons. The van der Waals surface area contributed by atoms with E-state index in [1.54, 1.807) is 0 Å². The van der Waals surface area contributed by atoms with Crippen molar-refractivity contribution in [2.45, 2.75) is 13.3 Å². The van der Waals surface area contributed by atoms with E-state index in [0.717, 1.165) is 11.5 Å². The third kappa shape index (κ3) is 1.32. The summed E-state index contributed by atoms with van der Waals surface area (Å²) in [7, 11) is 0. The molecule has 0 unspecified atom stereocenters. The molecule has 0 saturated carbocycles. The van der Waals surface area contributed by atoms with Crippen LogP contribution in [0.1, 0.15) is 22.3 Å². The second kappa shape index (κ2) is 2.87. The maximum atomic E-state index is 10.3. The Hall–Kier alpha value is -1.10. The fourth-order valence-electron chi connectivity index (χ4n) is 0.692. The van der Waals surface area contributed by atoms with Crippen LogP contribution in [-0.4, -0.2) is 20.6 Å². The standard InChI is InChI=1S/C6H7NO3S/c1-2-3-5(8)4(6(9)10)7-11-3/h8H,2H2,1H3,(H,9,10). The number of nitrogens with zero attached hydrogens (tertiary/aromatic N) is 1. The van der Waals surface area contributed by atoms with Gasteiger partial charge in [-0.1, -0.05) is 6.92 Å². The van der Waals surface area contributed by atoms with Gasteiger partial charge < -0.3 is 10.2 Å². The average molecular weight is 173 g/mol. The molecule has 11 heavy (non-hydrogen) atoms. The topological polar surface area (TPSA) is 70.4 Å². The van der Waals surface area contributed by atoms with Gasteiger partial charge in [-0.05, 0) is 18.0 Å². The van der Waals surface area contributed by atoms with Crippen molar-refractivity contribution in [3.05, 3.63) is 10.6 Å². The molecular weight excluding hydrogens is 166 g/mol. The summed E-state index contributed by atoms with van der Waals surface area (Å²) in [5, 5.41) is 17.6. The lowest BCUT2D eigenvalue weighted by Crippen LogP contribution is -1.95. The second-order valence-electron chi connectivity index (χ2n) is 1.96. The van der Waals surface area contributed by atoms with Crippen LogP contribution >= 0.6 is 11.5 Å². The van der Waals surface area contributed by atoms with Gasteiger partial charge >= 0.3 is 5.97 Å². The summed E-state index contributed by atoms with van der Waals surface area (Å²) in [6.07, 6.45) is 0.608. The molecule has 0 aromatic carbocycles. The molecule has 0 fully saturated rings. The largest absolute Gasteiger partial charge is 0.504 e. The molecule has 0 aliphatic heterocycles. The summed E-state index contributed by atoms with van der Waals surface area (Å²) in [5.74, 6) is -1.37. The van der Waals surface area contributed by atoms with Gasteiger partial charge in [0.05, 0.1) is 4.88 Å². The minimum Gasteiger partial charge on any atom is -0.504 e. The summed E-state index contributed by atoms with van der Waals surface area (Å²) in [6, 6.07) is 0. The molecular formula is C6H7NO3S. The summed E-state index contributed by atoms with van der Waals surface area (Å²) >= 11 is 1.02. The van der Waals surface area contributed by atoms with Crippen LogP contribution in [0.15, 0.2) is 0 Å². The van der Waals surface area contributed by atoms with Gasteiger partial charge in [0.25, 0.3) is 0 Å². The third-order valence-electron chi connectivity index (χ3n) is 1.26. The van der Waals surface area contributed by atoms with Gasteiger partial charge in [-0.2, -0.15) is 4.37 Å². The number of aromatic carboxylic acids is 1. The van der Waals surface area contributed by atoms with E-state index in [1.807, 2.05) is 6.92 Å². The van der Waals surface area contributed by atoms with Crippen molar-refractivity contribution in [3.63, 3.8) is 0 Å². The van der Waals surface area contributed by atoms with E-state index in [0.29, 0.717) is 11.3 Å².